The van der Waals surface area contributed by atoms with Crippen molar-refractivity contribution < 1.29 is 9.53 Å². The van der Waals surface area contributed by atoms with Gasteiger partial charge in [0.15, 0.2) is 0 Å². The molecule has 0 bridgehead atoms. The Morgan fingerprint density at radius 3 is 2.73 bits per heavy atom. The van der Waals surface area contributed by atoms with Gasteiger partial charge in [-0.1, -0.05) is 30.3 Å². The van der Waals surface area contributed by atoms with Gasteiger partial charge in [0, 0.05) is 24.8 Å². The fourth-order valence-corrected chi connectivity index (χ4v) is 2.52. The number of hydrogen-bond donors (Lipinski definition) is 2. The molecule has 5 nitrogen and oxygen atoms in total. The maximum absolute atomic E-state index is 12.1. The van der Waals surface area contributed by atoms with Crippen molar-refractivity contribution in [3.05, 3.63) is 58.4 Å². The Balaban J connectivity index is 1.71. The minimum absolute atomic E-state index is 0.138. The van der Waals surface area contributed by atoms with Gasteiger partial charge in [0.25, 0.3) is 11.5 Å². The van der Waals surface area contributed by atoms with Crippen LogP contribution < -0.4 is 10.9 Å². The lowest BCUT2D eigenvalue weighted by atomic mass is 10.1. The zero-order valence-corrected chi connectivity index (χ0v) is 12.2. The zero-order chi connectivity index (χ0) is 15.4. The number of carbonyl (C=O) groups is 1. The maximum atomic E-state index is 12.1. The number of rotatable bonds is 4. The maximum Gasteiger partial charge on any atom is 0.261 e. The molecule has 0 aliphatic carbocycles. The third-order valence-corrected chi connectivity index (χ3v) is 3.81. The van der Waals surface area contributed by atoms with E-state index in [0.29, 0.717) is 24.8 Å². The summed E-state index contributed by atoms with van der Waals surface area (Å²) in [6, 6.07) is 12.9. The molecule has 0 saturated carbocycles. The van der Waals surface area contributed by atoms with Crippen molar-refractivity contribution in [2.24, 2.45) is 5.92 Å². The summed E-state index contributed by atoms with van der Waals surface area (Å²) in [6.45, 7) is 1.95. The average Bonchev–Trinajstić information content (AvgIpc) is 3.07. The average molecular weight is 298 g/mol. The van der Waals surface area contributed by atoms with Crippen LogP contribution in [0.4, 0.5) is 0 Å². The van der Waals surface area contributed by atoms with E-state index in [1.54, 1.807) is 12.1 Å². The smallest absolute Gasteiger partial charge is 0.261 e. The van der Waals surface area contributed by atoms with E-state index in [4.69, 9.17) is 4.74 Å². The van der Waals surface area contributed by atoms with Crippen LogP contribution in [0.3, 0.4) is 0 Å². The van der Waals surface area contributed by atoms with E-state index >= 15 is 0 Å². The second-order valence-corrected chi connectivity index (χ2v) is 5.42. The number of H-pyrrole nitrogens is 1. The van der Waals surface area contributed by atoms with E-state index in [2.05, 4.69) is 10.3 Å². The molecule has 1 fully saturated rings. The number of hydrogen-bond acceptors (Lipinski definition) is 3. The zero-order valence-electron chi connectivity index (χ0n) is 12.2. The quantitative estimate of drug-likeness (QED) is 0.904. The summed E-state index contributed by atoms with van der Waals surface area (Å²) < 4.78 is 5.26. The van der Waals surface area contributed by atoms with Crippen LogP contribution in [0.5, 0.6) is 0 Å². The monoisotopic (exact) mass is 298 g/mol. The van der Waals surface area contributed by atoms with E-state index in [1.807, 2.05) is 30.3 Å². The van der Waals surface area contributed by atoms with Gasteiger partial charge in [-0.2, -0.15) is 0 Å². The van der Waals surface area contributed by atoms with Gasteiger partial charge in [-0.3, -0.25) is 9.59 Å². The third kappa shape index (κ3) is 3.26. The van der Waals surface area contributed by atoms with Gasteiger partial charge in [0.05, 0.1) is 6.61 Å². The van der Waals surface area contributed by atoms with Gasteiger partial charge < -0.3 is 15.0 Å². The Labute approximate surface area is 128 Å². The molecular weight excluding hydrogens is 280 g/mol. The Kier molecular flexibility index (Phi) is 4.34. The lowest BCUT2D eigenvalue weighted by Gasteiger charge is -2.09. The van der Waals surface area contributed by atoms with Gasteiger partial charge in [0.1, 0.15) is 5.56 Å². The van der Waals surface area contributed by atoms with Crippen molar-refractivity contribution in [2.45, 2.75) is 6.42 Å². The highest BCUT2D eigenvalue weighted by molar-refractivity contribution is 5.94. The van der Waals surface area contributed by atoms with E-state index < -0.39 is 0 Å². The topological polar surface area (TPSA) is 71.2 Å². The van der Waals surface area contributed by atoms with Crippen molar-refractivity contribution in [1.82, 2.24) is 10.3 Å². The van der Waals surface area contributed by atoms with Gasteiger partial charge in [-0.05, 0) is 24.1 Å². The predicted molar refractivity (Wildman–Crippen MR) is 83.8 cm³/mol. The molecule has 114 valence electrons. The number of benzene rings is 1. The van der Waals surface area contributed by atoms with Crippen LogP contribution in [-0.2, 0) is 4.74 Å². The second kappa shape index (κ2) is 6.58. The Morgan fingerprint density at radius 2 is 2.05 bits per heavy atom. The van der Waals surface area contributed by atoms with Crippen LogP contribution in [0.2, 0.25) is 0 Å². The first kappa shape index (κ1) is 14.5. The standard InChI is InChI=1S/C17H18N2O3/c20-16(18-10-12-8-9-22-11-12)14-6-7-15(19-17(14)21)13-4-2-1-3-5-13/h1-7,12H,8-11H2,(H,18,20)(H,19,21). The Morgan fingerprint density at radius 1 is 1.23 bits per heavy atom. The molecule has 1 aromatic heterocycles. The molecule has 1 atom stereocenters. The highest BCUT2D eigenvalue weighted by Crippen LogP contribution is 2.15. The van der Waals surface area contributed by atoms with Crippen LogP contribution in [0.15, 0.2) is 47.3 Å². The SMILES string of the molecule is O=C(NCC1CCOC1)c1ccc(-c2ccccc2)[nH]c1=O. The van der Waals surface area contributed by atoms with Gasteiger partial charge >= 0.3 is 0 Å². The largest absolute Gasteiger partial charge is 0.381 e. The van der Waals surface area contributed by atoms with Crippen LogP contribution in [-0.4, -0.2) is 30.6 Å². The molecule has 1 aliphatic rings. The summed E-state index contributed by atoms with van der Waals surface area (Å²) in [7, 11) is 0. The molecule has 1 unspecified atom stereocenters. The molecule has 1 saturated heterocycles. The van der Waals surface area contributed by atoms with Crippen LogP contribution in [0.1, 0.15) is 16.8 Å². The minimum Gasteiger partial charge on any atom is -0.381 e. The highest BCUT2D eigenvalue weighted by Gasteiger charge is 2.18. The van der Waals surface area contributed by atoms with Gasteiger partial charge in [-0.25, -0.2) is 0 Å². The van der Waals surface area contributed by atoms with Crippen LogP contribution in [0.25, 0.3) is 11.3 Å². The Hall–Kier alpha value is -2.40. The van der Waals surface area contributed by atoms with Crippen molar-refractivity contribution in [2.75, 3.05) is 19.8 Å². The van der Waals surface area contributed by atoms with Gasteiger partial charge in [-0.15, -0.1) is 0 Å². The molecular formula is C17H18N2O3. The molecule has 1 amide bonds. The van der Waals surface area contributed by atoms with E-state index in [0.717, 1.165) is 18.6 Å². The number of nitrogens with one attached hydrogen (secondary N) is 2. The van der Waals surface area contributed by atoms with E-state index in [9.17, 15) is 9.59 Å². The summed E-state index contributed by atoms with van der Waals surface area (Å²) >= 11 is 0. The number of carbonyl (C=O) groups excluding carboxylic acids is 1. The molecule has 3 rings (SSSR count). The van der Waals surface area contributed by atoms with Crippen LogP contribution >= 0.6 is 0 Å². The molecule has 0 spiro atoms. The number of ether oxygens (including phenoxy) is 1. The predicted octanol–water partition coefficient (Wildman–Crippen LogP) is 1.81. The first-order chi connectivity index (χ1) is 10.7. The summed E-state index contributed by atoms with van der Waals surface area (Å²) in [5.41, 5.74) is 1.38. The molecule has 2 aromatic rings. The third-order valence-electron chi connectivity index (χ3n) is 3.81. The summed E-state index contributed by atoms with van der Waals surface area (Å²) in [5.74, 6) is -0.000569. The first-order valence-electron chi connectivity index (χ1n) is 7.39. The van der Waals surface area contributed by atoms with Crippen LogP contribution in [0, 0.1) is 5.92 Å². The Bertz CT molecular complexity index is 703. The number of aromatic nitrogens is 1. The minimum atomic E-state index is -0.374. The fourth-order valence-electron chi connectivity index (χ4n) is 2.52. The molecule has 2 N–H and O–H groups in total. The van der Waals surface area contributed by atoms with E-state index in [-0.39, 0.29) is 17.0 Å². The molecule has 1 aromatic carbocycles. The number of amides is 1. The first-order valence-corrected chi connectivity index (χ1v) is 7.39. The molecule has 5 heteroatoms. The normalized spacial score (nSPS) is 17.4. The van der Waals surface area contributed by atoms with Crippen molar-refractivity contribution in [1.29, 1.82) is 0 Å². The molecule has 2 heterocycles. The van der Waals surface area contributed by atoms with Crippen molar-refractivity contribution in [3.63, 3.8) is 0 Å². The summed E-state index contributed by atoms with van der Waals surface area (Å²) in [6.07, 6.45) is 0.948. The summed E-state index contributed by atoms with van der Waals surface area (Å²) in [4.78, 5) is 27.0. The molecule has 22 heavy (non-hydrogen) atoms. The van der Waals surface area contributed by atoms with Crippen molar-refractivity contribution >= 4 is 5.91 Å². The molecule has 0 radical (unpaired) electrons. The van der Waals surface area contributed by atoms with Gasteiger partial charge in [0.2, 0.25) is 0 Å². The number of aromatic amines is 1. The lowest BCUT2D eigenvalue weighted by Crippen LogP contribution is -2.33. The lowest BCUT2D eigenvalue weighted by molar-refractivity contribution is 0.0943. The van der Waals surface area contributed by atoms with E-state index in [1.165, 1.54) is 0 Å². The molecule has 1 aliphatic heterocycles. The van der Waals surface area contributed by atoms with Crippen molar-refractivity contribution in [3.8, 4) is 11.3 Å². The summed E-state index contributed by atoms with van der Waals surface area (Å²) in [5, 5.41) is 2.80. The highest BCUT2D eigenvalue weighted by atomic mass is 16.5. The fraction of sp³-hybridized carbons (Fsp3) is 0.294. The second-order valence-electron chi connectivity index (χ2n) is 5.42. The number of pyridine rings is 1.